The van der Waals surface area contributed by atoms with Gasteiger partial charge in [0.25, 0.3) is 5.91 Å². The molecular weight excluding hydrogens is 358 g/mol. The molecule has 0 spiro atoms. The third kappa shape index (κ3) is 5.22. The molecule has 1 aromatic carbocycles. The summed E-state index contributed by atoms with van der Waals surface area (Å²) in [6, 6.07) is 5.65. The molecule has 25 heavy (non-hydrogen) atoms. The lowest BCUT2D eigenvalue weighted by atomic mass is 10.2. The van der Waals surface area contributed by atoms with E-state index in [1.165, 1.54) is 18.9 Å². The zero-order valence-corrected chi connectivity index (χ0v) is 14.3. The van der Waals surface area contributed by atoms with Crippen LogP contribution in [0.4, 0.5) is 8.78 Å². The molecule has 1 aromatic rings. The van der Waals surface area contributed by atoms with Crippen molar-refractivity contribution in [3.8, 4) is 6.07 Å². The number of likely N-dealkylation sites (N-methyl/N-ethyl adjacent to an activating group) is 1. The summed E-state index contributed by atoms with van der Waals surface area (Å²) < 4.78 is 52.4. The summed E-state index contributed by atoms with van der Waals surface area (Å²) in [6.07, 6.45) is -0.996. The molecule has 1 atom stereocenters. The average Bonchev–Trinajstić information content (AvgIpc) is 2.58. The standard InChI is InChI=1S/C15H16F2N2O5S/c1-10(13(20)19(2)9-3-8-18)24-14(21)11-4-6-12(7-5-11)25(22,23)15(16)17/h4-7,10,15H,3,9H2,1-2H3/t10-/m0/s1. The number of hydrogen-bond acceptors (Lipinski definition) is 6. The Morgan fingerprint density at radius 2 is 1.84 bits per heavy atom. The number of benzene rings is 1. The number of hydrogen-bond donors (Lipinski definition) is 0. The van der Waals surface area contributed by atoms with E-state index in [9.17, 15) is 26.8 Å². The Hall–Kier alpha value is -2.54. The Morgan fingerprint density at radius 3 is 2.32 bits per heavy atom. The topological polar surface area (TPSA) is 105 Å². The molecule has 0 aliphatic heterocycles. The van der Waals surface area contributed by atoms with Crippen LogP contribution in [0.5, 0.6) is 0 Å². The van der Waals surface area contributed by atoms with E-state index in [4.69, 9.17) is 10.00 Å². The quantitative estimate of drug-likeness (QED) is 0.672. The maximum atomic E-state index is 12.4. The van der Waals surface area contributed by atoms with Gasteiger partial charge in [-0.05, 0) is 31.2 Å². The van der Waals surface area contributed by atoms with Crippen molar-refractivity contribution in [3.63, 3.8) is 0 Å². The first-order valence-corrected chi connectivity index (χ1v) is 8.61. The van der Waals surface area contributed by atoms with E-state index in [1.807, 2.05) is 6.07 Å². The van der Waals surface area contributed by atoms with E-state index in [0.717, 1.165) is 24.3 Å². The fourth-order valence-electron chi connectivity index (χ4n) is 1.80. The molecule has 0 fully saturated rings. The van der Waals surface area contributed by atoms with Crippen LogP contribution in [-0.2, 0) is 19.4 Å². The number of esters is 1. The third-order valence-corrected chi connectivity index (χ3v) is 4.62. The summed E-state index contributed by atoms with van der Waals surface area (Å²) in [5, 5.41) is 8.48. The normalized spacial score (nSPS) is 12.3. The SMILES string of the molecule is C[C@H](OC(=O)c1ccc(S(=O)(=O)C(F)F)cc1)C(=O)N(C)CCC#N. The van der Waals surface area contributed by atoms with Crippen LogP contribution in [-0.4, -0.2) is 50.6 Å². The number of halogens is 2. The molecule has 0 aliphatic rings. The highest BCUT2D eigenvalue weighted by atomic mass is 32.2. The van der Waals surface area contributed by atoms with Crippen LogP contribution in [0.15, 0.2) is 29.2 Å². The predicted octanol–water partition coefficient (Wildman–Crippen LogP) is 1.60. The minimum atomic E-state index is -4.75. The number of carbonyl (C=O) groups excluding carboxylic acids is 2. The highest BCUT2D eigenvalue weighted by Gasteiger charge is 2.27. The van der Waals surface area contributed by atoms with E-state index in [-0.39, 0.29) is 18.5 Å². The summed E-state index contributed by atoms with van der Waals surface area (Å²) in [5.74, 6) is -4.98. The molecule has 0 bridgehead atoms. The Labute approximate surface area is 143 Å². The smallest absolute Gasteiger partial charge is 0.341 e. The zero-order chi connectivity index (χ0) is 19.2. The summed E-state index contributed by atoms with van der Waals surface area (Å²) >= 11 is 0. The second-order valence-corrected chi connectivity index (χ2v) is 6.96. The van der Waals surface area contributed by atoms with Crippen molar-refractivity contribution >= 4 is 21.7 Å². The molecule has 7 nitrogen and oxygen atoms in total. The summed E-state index contributed by atoms with van der Waals surface area (Å²) in [6.45, 7) is 1.52. The first-order chi connectivity index (χ1) is 11.6. The Balaban J connectivity index is 2.78. The monoisotopic (exact) mass is 374 g/mol. The highest BCUT2D eigenvalue weighted by molar-refractivity contribution is 7.91. The number of nitrogens with zero attached hydrogens (tertiary/aromatic N) is 2. The molecule has 136 valence electrons. The maximum absolute atomic E-state index is 12.4. The van der Waals surface area contributed by atoms with Crippen LogP contribution >= 0.6 is 0 Å². The lowest BCUT2D eigenvalue weighted by Gasteiger charge is -2.20. The van der Waals surface area contributed by atoms with E-state index in [0.29, 0.717) is 0 Å². The average molecular weight is 374 g/mol. The van der Waals surface area contributed by atoms with Crippen LogP contribution in [0.25, 0.3) is 0 Å². The Bertz CT molecular complexity index is 772. The minimum absolute atomic E-state index is 0.0902. The van der Waals surface area contributed by atoms with E-state index in [1.54, 1.807) is 0 Å². The van der Waals surface area contributed by atoms with Crippen LogP contribution in [0.2, 0.25) is 0 Å². The van der Waals surface area contributed by atoms with Gasteiger partial charge in [-0.3, -0.25) is 4.79 Å². The molecular formula is C15H16F2N2O5S. The summed E-state index contributed by atoms with van der Waals surface area (Å²) in [5.41, 5.74) is -0.0902. The minimum Gasteiger partial charge on any atom is -0.449 e. The van der Waals surface area contributed by atoms with Gasteiger partial charge in [0, 0.05) is 13.6 Å². The van der Waals surface area contributed by atoms with Crippen LogP contribution in [0.3, 0.4) is 0 Å². The van der Waals surface area contributed by atoms with Crippen LogP contribution in [0, 0.1) is 11.3 Å². The number of nitriles is 1. The molecule has 0 unspecified atom stereocenters. The van der Waals surface area contributed by atoms with Crippen molar-refractivity contribution in [3.05, 3.63) is 29.8 Å². The lowest BCUT2D eigenvalue weighted by molar-refractivity contribution is -0.138. The molecule has 1 rings (SSSR count). The molecule has 0 saturated heterocycles. The Morgan fingerprint density at radius 1 is 1.28 bits per heavy atom. The molecule has 0 saturated carbocycles. The molecule has 0 aromatic heterocycles. The van der Waals surface area contributed by atoms with Gasteiger partial charge in [-0.15, -0.1) is 0 Å². The van der Waals surface area contributed by atoms with Gasteiger partial charge in [-0.25, -0.2) is 13.2 Å². The van der Waals surface area contributed by atoms with Gasteiger partial charge in [-0.1, -0.05) is 0 Å². The number of sulfone groups is 1. The molecule has 1 amide bonds. The number of alkyl halides is 2. The number of ether oxygens (including phenoxy) is 1. The molecule has 0 N–H and O–H groups in total. The van der Waals surface area contributed by atoms with Crippen molar-refractivity contribution < 1.29 is 31.5 Å². The van der Waals surface area contributed by atoms with Crippen LogP contribution < -0.4 is 0 Å². The fraction of sp³-hybridized carbons (Fsp3) is 0.400. The number of rotatable bonds is 7. The van der Waals surface area contributed by atoms with E-state index in [2.05, 4.69) is 0 Å². The van der Waals surface area contributed by atoms with Gasteiger partial charge < -0.3 is 9.64 Å². The molecule has 0 aliphatic carbocycles. The molecule has 0 heterocycles. The van der Waals surface area contributed by atoms with Gasteiger partial charge >= 0.3 is 11.7 Å². The van der Waals surface area contributed by atoms with Crippen molar-refractivity contribution in [2.24, 2.45) is 0 Å². The highest BCUT2D eigenvalue weighted by Crippen LogP contribution is 2.19. The third-order valence-electron chi connectivity index (χ3n) is 3.22. The van der Waals surface area contributed by atoms with Crippen molar-refractivity contribution in [2.75, 3.05) is 13.6 Å². The van der Waals surface area contributed by atoms with Gasteiger partial charge in [0.15, 0.2) is 6.10 Å². The number of amides is 1. The van der Waals surface area contributed by atoms with Crippen molar-refractivity contribution in [1.82, 2.24) is 4.90 Å². The Kier molecular flexibility index (Phi) is 6.99. The second-order valence-electron chi connectivity index (χ2n) is 5.05. The first-order valence-electron chi connectivity index (χ1n) is 7.06. The second kappa shape index (κ2) is 8.53. The van der Waals surface area contributed by atoms with Gasteiger partial charge in [0.2, 0.25) is 9.84 Å². The predicted molar refractivity (Wildman–Crippen MR) is 82.4 cm³/mol. The molecule has 10 heteroatoms. The van der Waals surface area contributed by atoms with Gasteiger partial charge in [0.05, 0.1) is 22.9 Å². The van der Waals surface area contributed by atoms with E-state index >= 15 is 0 Å². The van der Waals surface area contributed by atoms with Crippen LogP contribution in [0.1, 0.15) is 23.7 Å². The fourth-order valence-corrected chi connectivity index (χ4v) is 2.52. The van der Waals surface area contributed by atoms with Crippen molar-refractivity contribution in [2.45, 2.75) is 30.1 Å². The molecule has 0 radical (unpaired) electrons. The summed E-state index contributed by atoms with van der Waals surface area (Å²) in [4.78, 5) is 24.5. The summed E-state index contributed by atoms with van der Waals surface area (Å²) in [7, 11) is -3.30. The van der Waals surface area contributed by atoms with E-state index < -0.39 is 38.5 Å². The zero-order valence-electron chi connectivity index (χ0n) is 13.5. The first kappa shape index (κ1) is 20.5. The maximum Gasteiger partial charge on any atom is 0.341 e. The van der Waals surface area contributed by atoms with Crippen molar-refractivity contribution in [1.29, 1.82) is 5.26 Å². The van der Waals surface area contributed by atoms with Gasteiger partial charge in [0.1, 0.15) is 0 Å². The number of carbonyl (C=O) groups is 2. The largest absolute Gasteiger partial charge is 0.449 e. The van der Waals surface area contributed by atoms with Gasteiger partial charge in [-0.2, -0.15) is 14.0 Å². The lowest BCUT2D eigenvalue weighted by Crippen LogP contribution is -2.37.